The number of rotatable bonds is 5. The molecule has 0 amide bonds. The second kappa shape index (κ2) is 5.68. The van der Waals surface area contributed by atoms with Gasteiger partial charge in [0.2, 0.25) is 0 Å². The van der Waals surface area contributed by atoms with Gasteiger partial charge >= 0.3 is 0 Å². The van der Waals surface area contributed by atoms with Gasteiger partial charge in [-0.2, -0.15) is 8.75 Å². The van der Waals surface area contributed by atoms with Crippen LogP contribution in [0.1, 0.15) is 11.4 Å². The van der Waals surface area contributed by atoms with Crippen LogP contribution >= 0.6 is 11.7 Å². The van der Waals surface area contributed by atoms with Crippen LogP contribution in [-0.2, 0) is 20.0 Å². The Morgan fingerprint density at radius 3 is 2.90 bits per heavy atom. The summed E-state index contributed by atoms with van der Waals surface area (Å²) in [7, 11) is 4.16. The summed E-state index contributed by atoms with van der Waals surface area (Å²) >= 11 is 1.27. The Hall–Kier alpha value is -1.79. The Kier molecular flexibility index (Phi) is 3.75. The van der Waals surface area contributed by atoms with E-state index in [0.717, 1.165) is 36.4 Å². The maximum absolute atomic E-state index is 4.35. The van der Waals surface area contributed by atoms with Gasteiger partial charge < -0.3 is 9.47 Å². The minimum absolute atomic E-state index is 0.915. The second-order valence-corrected chi connectivity index (χ2v) is 5.56. The highest BCUT2D eigenvalue weighted by molar-refractivity contribution is 7.00. The molecule has 0 aliphatic rings. The molecule has 0 N–H and O–H groups in total. The summed E-state index contributed by atoms with van der Waals surface area (Å²) in [4.78, 5) is 6.65. The Balaban J connectivity index is 1.60. The largest absolute Gasteiger partial charge is 0.338 e. The Bertz CT molecular complexity index is 702. The van der Waals surface area contributed by atoms with Gasteiger partial charge in [0.05, 0.1) is 11.7 Å². The lowest BCUT2D eigenvalue weighted by Crippen LogP contribution is -2.21. The highest BCUT2D eigenvalue weighted by Crippen LogP contribution is 2.14. The standard InChI is InChI=1S/C14H17N5S/c1-18(7-5-14-15-6-8-19(14)2)10-11-3-4-12-13(9-11)17-20-16-12/h3-4,6,8-9H,5,7,10H2,1-2H3. The van der Waals surface area contributed by atoms with Crippen molar-refractivity contribution < 1.29 is 0 Å². The molecule has 104 valence electrons. The normalized spacial score (nSPS) is 11.6. The van der Waals surface area contributed by atoms with Crippen molar-refractivity contribution in [3.05, 3.63) is 42.0 Å². The third-order valence-electron chi connectivity index (χ3n) is 3.41. The number of aromatic nitrogens is 4. The van der Waals surface area contributed by atoms with Gasteiger partial charge in [-0.15, -0.1) is 0 Å². The molecule has 3 aromatic rings. The van der Waals surface area contributed by atoms with Crippen LogP contribution in [0.2, 0.25) is 0 Å². The minimum Gasteiger partial charge on any atom is -0.338 e. The van der Waals surface area contributed by atoms with E-state index in [2.05, 4.69) is 42.4 Å². The minimum atomic E-state index is 0.915. The van der Waals surface area contributed by atoms with Crippen molar-refractivity contribution >= 4 is 22.8 Å². The van der Waals surface area contributed by atoms with E-state index in [1.807, 2.05) is 25.5 Å². The summed E-state index contributed by atoms with van der Waals surface area (Å²) < 4.78 is 10.6. The monoisotopic (exact) mass is 287 g/mol. The van der Waals surface area contributed by atoms with Crippen molar-refractivity contribution in [2.24, 2.45) is 7.05 Å². The molecule has 2 aromatic heterocycles. The first kappa shape index (κ1) is 13.2. The van der Waals surface area contributed by atoms with Gasteiger partial charge in [-0.25, -0.2) is 4.98 Å². The lowest BCUT2D eigenvalue weighted by Gasteiger charge is -2.16. The van der Waals surface area contributed by atoms with E-state index < -0.39 is 0 Å². The van der Waals surface area contributed by atoms with Crippen molar-refractivity contribution in [1.82, 2.24) is 23.2 Å². The molecule has 0 atom stereocenters. The van der Waals surface area contributed by atoms with Crippen LogP contribution in [0, 0.1) is 0 Å². The van der Waals surface area contributed by atoms with Crippen molar-refractivity contribution in [1.29, 1.82) is 0 Å². The van der Waals surface area contributed by atoms with Crippen molar-refractivity contribution in [2.45, 2.75) is 13.0 Å². The van der Waals surface area contributed by atoms with Crippen LogP contribution in [0.3, 0.4) is 0 Å². The number of imidazole rings is 1. The Labute approximate surface area is 122 Å². The van der Waals surface area contributed by atoms with Crippen molar-refractivity contribution in [2.75, 3.05) is 13.6 Å². The van der Waals surface area contributed by atoms with Gasteiger partial charge in [-0.05, 0) is 24.7 Å². The van der Waals surface area contributed by atoms with E-state index in [1.165, 1.54) is 17.3 Å². The van der Waals surface area contributed by atoms with Gasteiger partial charge in [0.25, 0.3) is 0 Å². The number of aryl methyl sites for hydroxylation is 1. The average molecular weight is 287 g/mol. The van der Waals surface area contributed by atoms with Gasteiger partial charge in [0.15, 0.2) is 0 Å². The van der Waals surface area contributed by atoms with E-state index in [9.17, 15) is 0 Å². The van der Waals surface area contributed by atoms with Gasteiger partial charge in [0.1, 0.15) is 16.9 Å². The van der Waals surface area contributed by atoms with Crippen molar-refractivity contribution in [3.63, 3.8) is 0 Å². The van der Waals surface area contributed by atoms with E-state index >= 15 is 0 Å². The fourth-order valence-electron chi connectivity index (χ4n) is 2.25. The first-order chi connectivity index (χ1) is 9.72. The molecule has 6 heteroatoms. The number of hydrogen-bond donors (Lipinski definition) is 0. The number of nitrogens with zero attached hydrogens (tertiary/aromatic N) is 5. The molecule has 20 heavy (non-hydrogen) atoms. The molecule has 1 aromatic carbocycles. The zero-order valence-corrected chi connectivity index (χ0v) is 12.5. The Morgan fingerprint density at radius 1 is 1.25 bits per heavy atom. The van der Waals surface area contributed by atoms with Crippen LogP contribution in [0.15, 0.2) is 30.6 Å². The van der Waals surface area contributed by atoms with E-state index in [1.54, 1.807) is 0 Å². The molecule has 3 rings (SSSR count). The molecular weight excluding hydrogens is 270 g/mol. The number of fused-ring (bicyclic) bond motifs is 1. The molecule has 0 spiro atoms. The molecule has 0 unspecified atom stereocenters. The summed E-state index contributed by atoms with van der Waals surface area (Å²) in [6.07, 6.45) is 4.79. The zero-order chi connectivity index (χ0) is 13.9. The molecule has 0 bridgehead atoms. The van der Waals surface area contributed by atoms with Crippen LogP contribution in [-0.4, -0.2) is 36.8 Å². The van der Waals surface area contributed by atoms with Gasteiger partial charge in [-0.3, -0.25) is 0 Å². The van der Waals surface area contributed by atoms with Crippen LogP contribution in [0.5, 0.6) is 0 Å². The highest BCUT2D eigenvalue weighted by atomic mass is 32.1. The third kappa shape index (κ3) is 2.86. The molecular formula is C14H17N5S. The van der Waals surface area contributed by atoms with Crippen LogP contribution in [0.4, 0.5) is 0 Å². The van der Waals surface area contributed by atoms with Crippen LogP contribution in [0.25, 0.3) is 11.0 Å². The Morgan fingerprint density at radius 2 is 2.10 bits per heavy atom. The number of hydrogen-bond acceptors (Lipinski definition) is 5. The lowest BCUT2D eigenvalue weighted by atomic mass is 10.2. The zero-order valence-electron chi connectivity index (χ0n) is 11.7. The quantitative estimate of drug-likeness (QED) is 0.721. The predicted octanol–water partition coefficient (Wildman–Crippen LogP) is 2.10. The summed E-state index contributed by atoms with van der Waals surface area (Å²) in [5.74, 6) is 1.12. The molecule has 5 nitrogen and oxygen atoms in total. The summed E-state index contributed by atoms with van der Waals surface area (Å²) in [5.41, 5.74) is 3.24. The fraction of sp³-hybridized carbons (Fsp3) is 0.357. The van der Waals surface area contributed by atoms with Crippen molar-refractivity contribution in [3.8, 4) is 0 Å². The number of likely N-dealkylation sites (N-methyl/N-ethyl adjacent to an activating group) is 1. The summed E-state index contributed by atoms with van der Waals surface area (Å²) in [6, 6.07) is 6.29. The van der Waals surface area contributed by atoms with Gasteiger partial charge in [-0.1, -0.05) is 6.07 Å². The fourth-order valence-corrected chi connectivity index (χ4v) is 2.76. The first-order valence-electron chi connectivity index (χ1n) is 6.58. The van der Waals surface area contributed by atoms with E-state index in [4.69, 9.17) is 0 Å². The highest BCUT2D eigenvalue weighted by Gasteiger charge is 2.05. The maximum atomic E-state index is 4.35. The molecule has 0 fully saturated rings. The van der Waals surface area contributed by atoms with E-state index in [0.29, 0.717) is 0 Å². The third-order valence-corrected chi connectivity index (χ3v) is 3.97. The predicted molar refractivity (Wildman–Crippen MR) is 80.7 cm³/mol. The molecule has 0 saturated carbocycles. The van der Waals surface area contributed by atoms with E-state index in [-0.39, 0.29) is 0 Å². The SMILES string of the molecule is CN(CCc1nccn1C)Cc1ccc2nsnc2c1. The van der Waals surface area contributed by atoms with Gasteiger partial charge in [0, 0.05) is 39.0 Å². The molecule has 0 aliphatic heterocycles. The summed E-state index contributed by atoms with van der Waals surface area (Å²) in [5, 5.41) is 0. The summed E-state index contributed by atoms with van der Waals surface area (Å²) in [6.45, 7) is 1.90. The second-order valence-electron chi connectivity index (χ2n) is 5.03. The molecule has 2 heterocycles. The maximum Gasteiger partial charge on any atom is 0.109 e. The molecule has 0 radical (unpaired) electrons. The lowest BCUT2D eigenvalue weighted by molar-refractivity contribution is 0.327. The number of benzene rings is 1. The first-order valence-corrected chi connectivity index (χ1v) is 7.31. The molecule has 0 aliphatic carbocycles. The van der Waals surface area contributed by atoms with Crippen LogP contribution < -0.4 is 0 Å². The average Bonchev–Trinajstić information content (AvgIpc) is 3.04. The molecule has 0 saturated heterocycles. The smallest absolute Gasteiger partial charge is 0.109 e. The topological polar surface area (TPSA) is 46.8 Å².